The quantitative estimate of drug-likeness (QED) is 0.776. The first-order chi connectivity index (χ1) is 9.15. The van der Waals surface area contributed by atoms with Crippen LogP contribution in [-0.4, -0.2) is 23.3 Å². The highest BCUT2D eigenvalue weighted by molar-refractivity contribution is 6.62. The Morgan fingerprint density at radius 2 is 1.75 bits per heavy atom. The van der Waals surface area contributed by atoms with Gasteiger partial charge in [0, 0.05) is 17.3 Å². The van der Waals surface area contributed by atoms with Crippen molar-refractivity contribution in [2.24, 2.45) is 5.73 Å². The number of aromatic amines is 1. The molecule has 1 aromatic heterocycles. The fraction of sp³-hybridized carbons (Fsp3) is 0.643. The second-order valence-electron chi connectivity index (χ2n) is 6.92. The zero-order valence-electron chi connectivity index (χ0n) is 12.4. The van der Waals surface area contributed by atoms with Gasteiger partial charge in [0.25, 0.3) is 5.56 Å². The molecule has 0 amide bonds. The molecular weight excluding hydrogens is 255 g/mol. The summed E-state index contributed by atoms with van der Waals surface area (Å²) in [6.45, 7) is 8.02. The number of pyridine rings is 1. The van der Waals surface area contributed by atoms with E-state index in [2.05, 4.69) is 4.98 Å². The summed E-state index contributed by atoms with van der Waals surface area (Å²) in [5.41, 5.74) is 6.21. The Balaban J connectivity index is 1.95. The lowest BCUT2D eigenvalue weighted by molar-refractivity contribution is 0.00578. The van der Waals surface area contributed by atoms with Gasteiger partial charge in [-0.3, -0.25) is 4.79 Å². The van der Waals surface area contributed by atoms with Crippen LogP contribution in [-0.2, 0) is 14.8 Å². The number of nitrogens with one attached hydrogen (secondary N) is 1. The van der Waals surface area contributed by atoms with Crippen LogP contribution in [0, 0.1) is 0 Å². The molecule has 20 heavy (non-hydrogen) atoms. The van der Waals surface area contributed by atoms with Crippen LogP contribution in [0.1, 0.15) is 46.1 Å². The van der Waals surface area contributed by atoms with Crippen LogP contribution >= 0.6 is 0 Å². The van der Waals surface area contributed by atoms with Crippen LogP contribution in [0.5, 0.6) is 0 Å². The molecule has 1 saturated heterocycles. The van der Waals surface area contributed by atoms with E-state index in [1.165, 1.54) is 0 Å². The lowest BCUT2D eigenvalue weighted by Crippen LogP contribution is -2.41. The van der Waals surface area contributed by atoms with E-state index in [1.807, 2.05) is 33.8 Å². The van der Waals surface area contributed by atoms with Gasteiger partial charge in [-0.2, -0.15) is 0 Å². The average molecular weight is 276 g/mol. The summed E-state index contributed by atoms with van der Waals surface area (Å²) in [6.07, 6.45) is 3.35. The number of hydrogen-bond donors (Lipinski definition) is 2. The highest BCUT2D eigenvalue weighted by Crippen LogP contribution is 2.41. The molecule has 2 fully saturated rings. The second-order valence-corrected chi connectivity index (χ2v) is 6.92. The van der Waals surface area contributed by atoms with E-state index in [4.69, 9.17) is 15.0 Å². The van der Waals surface area contributed by atoms with Gasteiger partial charge >= 0.3 is 7.12 Å². The molecule has 5 nitrogen and oxygen atoms in total. The highest BCUT2D eigenvalue weighted by Gasteiger charge is 2.52. The minimum atomic E-state index is -0.474. The maximum atomic E-state index is 11.9. The van der Waals surface area contributed by atoms with Crippen molar-refractivity contribution >= 4 is 12.6 Å². The van der Waals surface area contributed by atoms with E-state index in [-0.39, 0.29) is 5.56 Å². The van der Waals surface area contributed by atoms with Crippen LogP contribution in [0.15, 0.2) is 17.1 Å². The minimum absolute atomic E-state index is 0.120. The van der Waals surface area contributed by atoms with Gasteiger partial charge in [-0.25, -0.2) is 0 Å². The minimum Gasteiger partial charge on any atom is -0.399 e. The number of aromatic nitrogens is 1. The predicted molar refractivity (Wildman–Crippen MR) is 77.9 cm³/mol. The molecule has 0 aromatic carbocycles. The fourth-order valence-electron chi connectivity index (χ4n) is 2.39. The van der Waals surface area contributed by atoms with E-state index in [1.54, 1.807) is 6.20 Å². The van der Waals surface area contributed by atoms with E-state index in [0.717, 1.165) is 18.3 Å². The summed E-state index contributed by atoms with van der Waals surface area (Å²) in [4.78, 5) is 14.7. The lowest BCUT2D eigenvalue weighted by Gasteiger charge is -2.32. The van der Waals surface area contributed by atoms with Gasteiger partial charge in [-0.1, -0.05) is 6.07 Å². The van der Waals surface area contributed by atoms with E-state index in [9.17, 15) is 4.79 Å². The first kappa shape index (κ1) is 13.9. The van der Waals surface area contributed by atoms with Crippen LogP contribution < -0.4 is 16.8 Å². The summed E-state index contributed by atoms with van der Waals surface area (Å²) >= 11 is 0. The predicted octanol–water partition coefficient (Wildman–Crippen LogP) is 0.622. The largest absolute Gasteiger partial charge is 0.496 e. The third-order valence-corrected chi connectivity index (χ3v) is 4.78. The van der Waals surface area contributed by atoms with E-state index in [0.29, 0.717) is 5.56 Å². The Morgan fingerprint density at radius 3 is 2.25 bits per heavy atom. The summed E-state index contributed by atoms with van der Waals surface area (Å²) in [5.74, 6) is 0. The Morgan fingerprint density at radius 1 is 1.20 bits per heavy atom. The molecule has 2 heterocycles. The van der Waals surface area contributed by atoms with Crippen molar-refractivity contribution in [2.45, 2.75) is 57.3 Å². The zero-order valence-corrected chi connectivity index (χ0v) is 12.4. The molecule has 0 spiro atoms. The van der Waals surface area contributed by atoms with Gasteiger partial charge in [-0.05, 0) is 46.0 Å². The van der Waals surface area contributed by atoms with Crippen LogP contribution in [0.25, 0.3) is 0 Å². The summed E-state index contributed by atoms with van der Waals surface area (Å²) < 4.78 is 12.0. The zero-order chi connectivity index (χ0) is 14.8. The number of hydrogen-bond acceptors (Lipinski definition) is 4. The molecule has 0 atom stereocenters. The first-order valence-electron chi connectivity index (χ1n) is 7.02. The molecule has 3 rings (SSSR count). The molecule has 1 aliphatic carbocycles. The topological polar surface area (TPSA) is 77.3 Å². The molecule has 1 saturated carbocycles. The Kier molecular flexibility index (Phi) is 2.75. The Labute approximate surface area is 119 Å². The normalized spacial score (nSPS) is 25.8. The average Bonchev–Trinajstić information content (AvgIpc) is 3.02. The van der Waals surface area contributed by atoms with Gasteiger partial charge in [0.1, 0.15) is 0 Å². The maximum Gasteiger partial charge on any atom is 0.496 e. The summed E-state index contributed by atoms with van der Waals surface area (Å²) in [6, 6.07) is 1.83. The molecule has 1 aliphatic heterocycles. The fourth-order valence-corrected chi connectivity index (χ4v) is 2.39. The number of nitrogens with two attached hydrogens (primary N) is 1. The number of rotatable bonds is 2. The molecule has 3 N–H and O–H groups in total. The van der Waals surface area contributed by atoms with Gasteiger partial charge in [0.05, 0.1) is 11.2 Å². The van der Waals surface area contributed by atoms with Crippen LogP contribution in [0.2, 0.25) is 0 Å². The van der Waals surface area contributed by atoms with Gasteiger partial charge in [0.2, 0.25) is 0 Å². The first-order valence-corrected chi connectivity index (χ1v) is 7.02. The maximum absolute atomic E-state index is 11.9. The van der Waals surface area contributed by atoms with Crippen LogP contribution in [0.4, 0.5) is 0 Å². The molecule has 0 bridgehead atoms. The van der Waals surface area contributed by atoms with Crippen molar-refractivity contribution in [2.75, 3.05) is 0 Å². The molecule has 0 radical (unpaired) electrons. The lowest BCUT2D eigenvalue weighted by atomic mass is 9.79. The molecular formula is C14H21BN2O3. The van der Waals surface area contributed by atoms with Crippen molar-refractivity contribution in [3.63, 3.8) is 0 Å². The molecule has 1 aromatic rings. The van der Waals surface area contributed by atoms with Crippen LogP contribution in [0.3, 0.4) is 0 Å². The Hall–Kier alpha value is -1.11. The SMILES string of the molecule is CC1(C)OB(c2c[nH]c(=O)c(C3(N)CC3)c2)OC1(C)C. The smallest absolute Gasteiger partial charge is 0.399 e. The number of H-pyrrole nitrogens is 1. The van der Waals surface area contributed by atoms with Crippen molar-refractivity contribution < 1.29 is 9.31 Å². The monoisotopic (exact) mass is 276 g/mol. The summed E-state index contributed by atoms with van der Waals surface area (Å²) in [7, 11) is -0.474. The highest BCUT2D eigenvalue weighted by atomic mass is 16.7. The van der Waals surface area contributed by atoms with E-state index >= 15 is 0 Å². The van der Waals surface area contributed by atoms with E-state index < -0.39 is 23.9 Å². The van der Waals surface area contributed by atoms with Crippen molar-refractivity contribution in [3.8, 4) is 0 Å². The molecule has 0 unspecified atom stereocenters. The Bertz CT molecular complexity index is 589. The standard InChI is InChI=1S/C14H21BN2O3/c1-12(2)13(3,4)20-15(19-12)9-7-10(11(18)17-8-9)14(16)5-6-14/h7-8H,5-6,16H2,1-4H3,(H,17,18). The van der Waals surface area contributed by atoms with Crippen molar-refractivity contribution in [1.82, 2.24) is 4.98 Å². The second kappa shape index (κ2) is 3.96. The van der Waals surface area contributed by atoms with Gasteiger partial charge < -0.3 is 20.0 Å². The van der Waals surface area contributed by atoms with Crippen molar-refractivity contribution in [3.05, 3.63) is 28.2 Å². The molecule has 2 aliphatic rings. The molecule has 6 heteroatoms. The van der Waals surface area contributed by atoms with Gasteiger partial charge in [-0.15, -0.1) is 0 Å². The third kappa shape index (κ3) is 2.03. The van der Waals surface area contributed by atoms with Crippen molar-refractivity contribution in [1.29, 1.82) is 0 Å². The third-order valence-electron chi connectivity index (χ3n) is 4.78. The van der Waals surface area contributed by atoms with Gasteiger partial charge in [0.15, 0.2) is 0 Å². The molecule has 108 valence electrons. The summed E-state index contributed by atoms with van der Waals surface area (Å²) in [5, 5.41) is 0.